The molecule has 0 amide bonds. The normalized spacial score (nSPS) is 24.8. The minimum absolute atomic E-state index is 0.221. The average molecular weight is 301 g/mol. The van der Waals surface area contributed by atoms with Gasteiger partial charge in [0.15, 0.2) is 0 Å². The molecule has 1 aromatic heterocycles. The second kappa shape index (κ2) is 5.69. The number of nitrogens with zero attached hydrogens (tertiary/aromatic N) is 2. The van der Waals surface area contributed by atoms with Crippen molar-refractivity contribution in [2.45, 2.75) is 19.1 Å². The van der Waals surface area contributed by atoms with Crippen molar-refractivity contribution < 1.29 is 9.47 Å². The summed E-state index contributed by atoms with van der Waals surface area (Å²) in [5, 5.41) is 0.847. The van der Waals surface area contributed by atoms with Crippen LogP contribution in [-0.4, -0.2) is 42.7 Å². The molecule has 0 bridgehead atoms. The number of anilines is 1. The molecule has 0 aliphatic carbocycles. The van der Waals surface area contributed by atoms with E-state index in [1.54, 1.807) is 7.11 Å². The Hall–Kier alpha value is -0.810. The molecule has 5 heteroatoms. The Bertz CT molecular complexity index is 375. The highest BCUT2D eigenvalue weighted by molar-refractivity contribution is 9.09. The molecule has 4 nitrogen and oxygen atoms in total. The Morgan fingerprint density at radius 2 is 2.41 bits per heavy atom. The molecule has 1 aliphatic rings. The molecule has 0 saturated carbocycles. The zero-order valence-electron chi connectivity index (χ0n) is 10.1. The minimum Gasteiger partial charge on any atom is -0.481 e. The van der Waals surface area contributed by atoms with E-state index in [4.69, 9.17) is 9.47 Å². The number of hydrogen-bond donors (Lipinski definition) is 0. The number of morpholine rings is 1. The molecule has 0 aromatic carbocycles. The van der Waals surface area contributed by atoms with Gasteiger partial charge in [-0.15, -0.1) is 0 Å². The van der Waals surface area contributed by atoms with E-state index in [9.17, 15) is 0 Å². The lowest BCUT2D eigenvalue weighted by atomic mass is 10.2. The van der Waals surface area contributed by atoms with Gasteiger partial charge in [-0.1, -0.05) is 22.0 Å². The average Bonchev–Trinajstić information content (AvgIpc) is 2.39. The van der Waals surface area contributed by atoms with Crippen LogP contribution in [0.3, 0.4) is 0 Å². The number of aromatic nitrogens is 1. The van der Waals surface area contributed by atoms with E-state index in [1.807, 2.05) is 18.2 Å². The van der Waals surface area contributed by atoms with E-state index < -0.39 is 0 Å². The fourth-order valence-electron chi connectivity index (χ4n) is 1.91. The fraction of sp³-hybridized carbons (Fsp3) is 0.583. The summed E-state index contributed by atoms with van der Waals surface area (Å²) in [5.74, 6) is 1.60. The summed E-state index contributed by atoms with van der Waals surface area (Å²) in [6, 6.07) is 6.17. The highest BCUT2D eigenvalue weighted by Gasteiger charge is 2.26. The van der Waals surface area contributed by atoms with E-state index in [1.165, 1.54) is 0 Å². The molecule has 1 aromatic rings. The summed E-state index contributed by atoms with van der Waals surface area (Å²) in [4.78, 5) is 6.73. The Balaban J connectivity index is 2.18. The number of ether oxygens (including phenoxy) is 2. The third kappa shape index (κ3) is 2.90. The van der Waals surface area contributed by atoms with Crippen LogP contribution in [0.25, 0.3) is 0 Å². The van der Waals surface area contributed by atoms with Crippen LogP contribution < -0.4 is 9.64 Å². The molecule has 2 heterocycles. The molecule has 0 N–H and O–H groups in total. The first kappa shape index (κ1) is 12.6. The van der Waals surface area contributed by atoms with Crippen molar-refractivity contribution >= 4 is 21.7 Å². The van der Waals surface area contributed by atoms with Crippen LogP contribution in [0, 0.1) is 0 Å². The lowest BCUT2D eigenvalue weighted by Gasteiger charge is -2.38. The van der Waals surface area contributed by atoms with E-state index in [-0.39, 0.29) is 6.10 Å². The topological polar surface area (TPSA) is 34.6 Å². The number of pyridine rings is 1. The molecule has 17 heavy (non-hydrogen) atoms. The smallest absolute Gasteiger partial charge is 0.214 e. The molecule has 1 saturated heterocycles. The second-order valence-electron chi connectivity index (χ2n) is 4.15. The van der Waals surface area contributed by atoms with Gasteiger partial charge in [0.2, 0.25) is 5.88 Å². The maximum atomic E-state index is 5.70. The van der Waals surface area contributed by atoms with Crippen molar-refractivity contribution in [2.75, 3.05) is 30.5 Å². The number of rotatable bonds is 3. The van der Waals surface area contributed by atoms with Crippen LogP contribution in [0.5, 0.6) is 5.88 Å². The molecule has 2 atom stereocenters. The first-order valence-corrected chi connectivity index (χ1v) is 6.82. The lowest BCUT2D eigenvalue weighted by Crippen LogP contribution is -2.49. The third-order valence-electron chi connectivity index (χ3n) is 2.89. The van der Waals surface area contributed by atoms with Crippen LogP contribution in [0.2, 0.25) is 0 Å². The van der Waals surface area contributed by atoms with Gasteiger partial charge in [-0.25, -0.2) is 0 Å². The van der Waals surface area contributed by atoms with Gasteiger partial charge in [0.1, 0.15) is 5.82 Å². The molecule has 2 unspecified atom stereocenters. The van der Waals surface area contributed by atoms with Gasteiger partial charge in [-0.05, 0) is 13.0 Å². The molecule has 0 spiro atoms. The van der Waals surface area contributed by atoms with Crippen molar-refractivity contribution in [3.8, 4) is 5.88 Å². The molecular formula is C12H17BrN2O2. The van der Waals surface area contributed by atoms with Gasteiger partial charge in [0.25, 0.3) is 0 Å². The number of methoxy groups -OCH3 is 1. The highest BCUT2D eigenvalue weighted by atomic mass is 79.9. The second-order valence-corrected chi connectivity index (χ2v) is 4.80. The third-order valence-corrected chi connectivity index (χ3v) is 3.61. The molecule has 1 fully saturated rings. The summed E-state index contributed by atoms with van der Waals surface area (Å²) in [5.41, 5.74) is 0. The van der Waals surface area contributed by atoms with Crippen molar-refractivity contribution in [2.24, 2.45) is 0 Å². The van der Waals surface area contributed by atoms with Crippen LogP contribution in [0.1, 0.15) is 6.92 Å². The van der Waals surface area contributed by atoms with Gasteiger partial charge >= 0.3 is 0 Å². The van der Waals surface area contributed by atoms with E-state index in [0.717, 1.165) is 24.3 Å². The van der Waals surface area contributed by atoms with Crippen LogP contribution in [0.15, 0.2) is 18.2 Å². The SMILES string of the molecule is COc1cccc(N2CC(CBr)OCC2C)n1. The highest BCUT2D eigenvalue weighted by Crippen LogP contribution is 2.22. The zero-order valence-corrected chi connectivity index (χ0v) is 11.7. The quantitative estimate of drug-likeness (QED) is 0.801. The fourth-order valence-corrected chi connectivity index (χ4v) is 2.30. The maximum Gasteiger partial charge on any atom is 0.214 e. The molecule has 0 radical (unpaired) electrons. The van der Waals surface area contributed by atoms with Gasteiger partial charge < -0.3 is 14.4 Å². The Labute approximate surface area is 110 Å². The lowest BCUT2D eigenvalue weighted by molar-refractivity contribution is 0.0376. The van der Waals surface area contributed by atoms with Gasteiger partial charge in [-0.3, -0.25) is 0 Å². The van der Waals surface area contributed by atoms with Crippen LogP contribution >= 0.6 is 15.9 Å². The van der Waals surface area contributed by atoms with Crippen LogP contribution in [-0.2, 0) is 4.74 Å². The van der Waals surface area contributed by atoms with Crippen molar-refractivity contribution in [3.63, 3.8) is 0 Å². The van der Waals surface area contributed by atoms with E-state index >= 15 is 0 Å². The Morgan fingerprint density at radius 1 is 1.59 bits per heavy atom. The molecule has 1 aliphatic heterocycles. The Morgan fingerprint density at radius 3 is 3.12 bits per heavy atom. The maximum absolute atomic E-state index is 5.70. The van der Waals surface area contributed by atoms with E-state index in [0.29, 0.717) is 11.9 Å². The first-order chi connectivity index (χ1) is 8.24. The monoisotopic (exact) mass is 300 g/mol. The van der Waals surface area contributed by atoms with Crippen molar-refractivity contribution in [1.82, 2.24) is 4.98 Å². The van der Waals surface area contributed by atoms with Crippen molar-refractivity contribution in [1.29, 1.82) is 0 Å². The predicted molar refractivity (Wildman–Crippen MR) is 71.1 cm³/mol. The summed E-state index contributed by atoms with van der Waals surface area (Å²) in [6.45, 7) is 3.73. The summed E-state index contributed by atoms with van der Waals surface area (Å²) < 4.78 is 10.9. The van der Waals surface area contributed by atoms with Crippen LogP contribution in [0.4, 0.5) is 5.82 Å². The summed E-state index contributed by atoms with van der Waals surface area (Å²) >= 11 is 3.46. The van der Waals surface area contributed by atoms with Crippen molar-refractivity contribution in [3.05, 3.63) is 18.2 Å². The number of alkyl halides is 1. The predicted octanol–water partition coefficient (Wildman–Crippen LogP) is 2.08. The minimum atomic E-state index is 0.221. The van der Waals surface area contributed by atoms with Gasteiger partial charge in [-0.2, -0.15) is 4.98 Å². The summed E-state index contributed by atoms with van der Waals surface area (Å²) in [6.07, 6.45) is 0.221. The molecule has 94 valence electrons. The largest absolute Gasteiger partial charge is 0.481 e. The first-order valence-electron chi connectivity index (χ1n) is 5.70. The zero-order chi connectivity index (χ0) is 12.3. The van der Waals surface area contributed by atoms with Gasteiger partial charge in [0, 0.05) is 17.9 Å². The molecular weight excluding hydrogens is 284 g/mol. The number of hydrogen-bond acceptors (Lipinski definition) is 4. The van der Waals surface area contributed by atoms with Gasteiger partial charge in [0.05, 0.1) is 25.9 Å². The van der Waals surface area contributed by atoms with E-state index in [2.05, 4.69) is 32.7 Å². The Kier molecular flexibility index (Phi) is 4.23. The number of halogens is 1. The standard InChI is InChI=1S/C12H17BrN2O2/c1-9-8-17-10(6-13)7-15(9)11-4-3-5-12(14-11)16-2/h3-5,9-10H,6-8H2,1-2H3. The summed E-state index contributed by atoms with van der Waals surface area (Å²) in [7, 11) is 1.64. The molecule has 2 rings (SSSR count).